The molecule has 0 aliphatic carbocycles. The van der Waals surface area contributed by atoms with E-state index in [1.165, 1.54) is 6.92 Å². The SMILES string of the molecule is CC(=O)NCCn1cc(CNC(C)(C)C)nn1. The van der Waals surface area contributed by atoms with Crippen molar-refractivity contribution in [3.63, 3.8) is 0 Å². The largest absolute Gasteiger partial charge is 0.354 e. The van der Waals surface area contributed by atoms with Gasteiger partial charge < -0.3 is 10.6 Å². The fourth-order valence-corrected chi connectivity index (χ4v) is 1.23. The van der Waals surface area contributed by atoms with Crippen LogP contribution in [0.3, 0.4) is 0 Å². The number of carbonyl (C=O) groups is 1. The van der Waals surface area contributed by atoms with Gasteiger partial charge in [-0.3, -0.25) is 9.48 Å². The second kappa shape index (κ2) is 5.77. The Labute approximate surface area is 102 Å². The Bertz CT molecular complexity index is 366. The van der Waals surface area contributed by atoms with Gasteiger partial charge in [-0.1, -0.05) is 5.21 Å². The summed E-state index contributed by atoms with van der Waals surface area (Å²) in [5.41, 5.74) is 0.975. The molecule has 0 saturated heterocycles. The summed E-state index contributed by atoms with van der Waals surface area (Å²) < 4.78 is 1.73. The van der Waals surface area contributed by atoms with Crippen LogP contribution >= 0.6 is 0 Å². The summed E-state index contributed by atoms with van der Waals surface area (Å²) in [5.74, 6) is -0.0280. The Morgan fingerprint density at radius 1 is 1.47 bits per heavy atom. The normalized spacial score (nSPS) is 11.5. The van der Waals surface area contributed by atoms with Crippen LogP contribution in [0.15, 0.2) is 6.20 Å². The van der Waals surface area contributed by atoms with E-state index in [1.807, 2.05) is 6.20 Å². The van der Waals surface area contributed by atoms with Gasteiger partial charge in [0.1, 0.15) is 0 Å². The molecule has 0 atom stereocenters. The van der Waals surface area contributed by atoms with Gasteiger partial charge in [-0.05, 0) is 20.8 Å². The van der Waals surface area contributed by atoms with Gasteiger partial charge in [0, 0.05) is 31.7 Å². The number of nitrogens with one attached hydrogen (secondary N) is 2. The number of rotatable bonds is 5. The predicted molar refractivity (Wildman–Crippen MR) is 65.3 cm³/mol. The molecule has 1 heterocycles. The maximum atomic E-state index is 10.7. The van der Waals surface area contributed by atoms with Crippen LogP contribution in [0.4, 0.5) is 0 Å². The van der Waals surface area contributed by atoms with E-state index in [0.717, 1.165) is 5.69 Å². The summed E-state index contributed by atoms with van der Waals surface area (Å²) in [6.45, 7) is 9.73. The summed E-state index contributed by atoms with van der Waals surface area (Å²) in [6, 6.07) is 0. The first-order valence-corrected chi connectivity index (χ1v) is 5.75. The van der Waals surface area contributed by atoms with Crippen molar-refractivity contribution in [1.29, 1.82) is 0 Å². The molecule has 0 spiro atoms. The zero-order valence-corrected chi connectivity index (χ0v) is 10.9. The smallest absolute Gasteiger partial charge is 0.216 e. The van der Waals surface area contributed by atoms with E-state index in [4.69, 9.17) is 0 Å². The van der Waals surface area contributed by atoms with E-state index < -0.39 is 0 Å². The van der Waals surface area contributed by atoms with Gasteiger partial charge in [-0.15, -0.1) is 5.10 Å². The first-order chi connectivity index (χ1) is 7.87. The average molecular weight is 239 g/mol. The highest BCUT2D eigenvalue weighted by molar-refractivity contribution is 5.72. The molecule has 0 radical (unpaired) electrons. The number of amides is 1. The first kappa shape index (κ1) is 13.6. The Hall–Kier alpha value is -1.43. The lowest BCUT2D eigenvalue weighted by molar-refractivity contribution is -0.118. The van der Waals surface area contributed by atoms with Gasteiger partial charge in [0.15, 0.2) is 0 Å². The summed E-state index contributed by atoms with van der Waals surface area (Å²) in [6.07, 6.45) is 1.89. The Balaban J connectivity index is 2.35. The number of hydrogen-bond donors (Lipinski definition) is 2. The van der Waals surface area contributed by atoms with Gasteiger partial charge in [-0.2, -0.15) is 0 Å². The van der Waals surface area contributed by atoms with Gasteiger partial charge in [-0.25, -0.2) is 0 Å². The van der Waals surface area contributed by atoms with Gasteiger partial charge in [0.05, 0.1) is 12.2 Å². The Morgan fingerprint density at radius 2 is 2.18 bits per heavy atom. The first-order valence-electron chi connectivity index (χ1n) is 5.75. The maximum Gasteiger partial charge on any atom is 0.216 e. The molecule has 2 N–H and O–H groups in total. The maximum absolute atomic E-state index is 10.7. The van der Waals surface area contributed by atoms with Crippen LogP contribution in [0.25, 0.3) is 0 Å². The highest BCUT2D eigenvalue weighted by atomic mass is 16.1. The fraction of sp³-hybridized carbons (Fsp3) is 0.727. The van der Waals surface area contributed by atoms with Crippen molar-refractivity contribution in [3.8, 4) is 0 Å². The number of nitrogens with zero attached hydrogens (tertiary/aromatic N) is 3. The summed E-state index contributed by atoms with van der Waals surface area (Å²) in [4.78, 5) is 10.7. The monoisotopic (exact) mass is 239 g/mol. The van der Waals surface area contributed by atoms with E-state index in [0.29, 0.717) is 19.6 Å². The van der Waals surface area contributed by atoms with Crippen molar-refractivity contribution in [1.82, 2.24) is 25.6 Å². The lowest BCUT2D eigenvalue weighted by Gasteiger charge is -2.19. The molecule has 1 aromatic rings. The van der Waals surface area contributed by atoms with Gasteiger partial charge in [0.25, 0.3) is 0 Å². The molecular formula is C11H21N5O. The zero-order chi connectivity index (χ0) is 12.9. The minimum absolute atomic E-state index is 0.0280. The standard InChI is InChI=1S/C11H21N5O/c1-9(17)12-5-6-16-8-10(14-15-16)7-13-11(2,3)4/h8,13H,5-7H2,1-4H3,(H,12,17). The van der Waals surface area contributed by atoms with Crippen LogP contribution in [0.5, 0.6) is 0 Å². The predicted octanol–water partition coefficient (Wildman–Crippen LogP) is 0.302. The molecular weight excluding hydrogens is 218 g/mol. The minimum Gasteiger partial charge on any atom is -0.354 e. The van der Waals surface area contributed by atoms with Crippen molar-refractivity contribution in [2.75, 3.05) is 6.54 Å². The third-order valence-corrected chi connectivity index (χ3v) is 2.10. The Kier molecular flexibility index (Phi) is 4.62. The topological polar surface area (TPSA) is 71.8 Å². The van der Waals surface area contributed by atoms with E-state index in [2.05, 4.69) is 41.7 Å². The molecule has 1 rings (SSSR count). The fourth-order valence-electron chi connectivity index (χ4n) is 1.23. The molecule has 0 aliphatic rings. The van der Waals surface area contributed by atoms with Crippen molar-refractivity contribution in [2.45, 2.75) is 46.3 Å². The van der Waals surface area contributed by atoms with Crippen LogP contribution in [0, 0.1) is 0 Å². The molecule has 0 fully saturated rings. The van der Waals surface area contributed by atoms with Crippen molar-refractivity contribution in [2.24, 2.45) is 0 Å². The second-order valence-corrected chi connectivity index (χ2v) is 5.06. The van der Waals surface area contributed by atoms with Gasteiger partial charge >= 0.3 is 0 Å². The summed E-state index contributed by atoms with van der Waals surface area (Å²) >= 11 is 0. The van der Waals surface area contributed by atoms with E-state index >= 15 is 0 Å². The molecule has 0 bridgehead atoms. The van der Waals surface area contributed by atoms with Crippen molar-refractivity contribution in [3.05, 3.63) is 11.9 Å². The van der Waals surface area contributed by atoms with E-state index in [9.17, 15) is 4.79 Å². The highest BCUT2D eigenvalue weighted by Crippen LogP contribution is 2.01. The third kappa shape index (κ3) is 6.01. The zero-order valence-electron chi connectivity index (χ0n) is 10.9. The molecule has 0 unspecified atom stereocenters. The number of carbonyl (C=O) groups excluding carboxylic acids is 1. The van der Waals surface area contributed by atoms with Crippen LogP contribution in [0.1, 0.15) is 33.4 Å². The molecule has 6 nitrogen and oxygen atoms in total. The lowest BCUT2D eigenvalue weighted by Crippen LogP contribution is -2.35. The van der Waals surface area contributed by atoms with Crippen LogP contribution in [0.2, 0.25) is 0 Å². The van der Waals surface area contributed by atoms with Crippen LogP contribution in [-0.2, 0) is 17.9 Å². The molecule has 0 aliphatic heterocycles. The molecule has 17 heavy (non-hydrogen) atoms. The molecule has 0 saturated carbocycles. The molecule has 0 aromatic carbocycles. The number of hydrogen-bond acceptors (Lipinski definition) is 4. The van der Waals surface area contributed by atoms with Crippen molar-refractivity contribution >= 4 is 5.91 Å². The van der Waals surface area contributed by atoms with Crippen LogP contribution < -0.4 is 10.6 Å². The minimum atomic E-state index is -0.0280. The second-order valence-electron chi connectivity index (χ2n) is 5.06. The molecule has 1 amide bonds. The third-order valence-electron chi connectivity index (χ3n) is 2.10. The Morgan fingerprint density at radius 3 is 2.76 bits per heavy atom. The molecule has 1 aromatic heterocycles. The quantitative estimate of drug-likeness (QED) is 0.775. The number of aromatic nitrogens is 3. The van der Waals surface area contributed by atoms with Crippen LogP contribution in [-0.4, -0.2) is 33.0 Å². The average Bonchev–Trinajstić information content (AvgIpc) is 2.61. The summed E-state index contributed by atoms with van der Waals surface area (Å²) in [7, 11) is 0. The van der Waals surface area contributed by atoms with E-state index in [-0.39, 0.29) is 11.4 Å². The van der Waals surface area contributed by atoms with Gasteiger partial charge in [0.2, 0.25) is 5.91 Å². The lowest BCUT2D eigenvalue weighted by atomic mass is 10.1. The van der Waals surface area contributed by atoms with E-state index in [1.54, 1.807) is 4.68 Å². The van der Waals surface area contributed by atoms with Crippen molar-refractivity contribution < 1.29 is 4.79 Å². The molecule has 96 valence electrons. The highest BCUT2D eigenvalue weighted by Gasteiger charge is 2.09. The summed E-state index contributed by atoms with van der Waals surface area (Å²) in [5, 5.41) is 14.1. The molecule has 6 heteroatoms.